The number of ether oxygens (including phenoxy) is 1. The van der Waals surface area contributed by atoms with Crippen molar-refractivity contribution in [2.24, 2.45) is 5.92 Å². The first-order chi connectivity index (χ1) is 6.56. The molecule has 0 aliphatic heterocycles. The molecule has 0 rings (SSSR count). The van der Waals surface area contributed by atoms with Gasteiger partial charge in [0.05, 0.1) is 12.7 Å². The van der Waals surface area contributed by atoms with Crippen molar-refractivity contribution in [2.75, 3.05) is 33.4 Å². The van der Waals surface area contributed by atoms with Crippen LogP contribution < -0.4 is 0 Å². The van der Waals surface area contributed by atoms with E-state index in [1.165, 1.54) is 6.42 Å². The highest BCUT2D eigenvalue weighted by atomic mass is 16.5. The zero-order valence-electron chi connectivity index (χ0n) is 9.99. The third kappa shape index (κ3) is 8.48. The van der Waals surface area contributed by atoms with Gasteiger partial charge in [0, 0.05) is 13.2 Å². The van der Waals surface area contributed by atoms with Gasteiger partial charge in [-0.1, -0.05) is 13.8 Å². The number of rotatable bonds is 8. The number of aliphatic hydroxyl groups is 1. The van der Waals surface area contributed by atoms with Gasteiger partial charge in [0.2, 0.25) is 0 Å². The first-order valence-electron chi connectivity index (χ1n) is 5.50. The summed E-state index contributed by atoms with van der Waals surface area (Å²) >= 11 is 0. The lowest BCUT2D eigenvalue weighted by molar-refractivity contribution is 0.0250. The van der Waals surface area contributed by atoms with E-state index in [1.54, 1.807) is 0 Å². The molecule has 0 aromatic rings. The Kier molecular flexibility index (Phi) is 8.14. The van der Waals surface area contributed by atoms with Crippen LogP contribution in [-0.2, 0) is 4.74 Å². The summed E-state index contributed by atoms with van der Waals surface area (Å²) in [6, 6.07) is 0. The number of nitrogens with zero attached hydrogens (tertiary/aromatic N) is 1. The van der Waals surface area contributed by atoms with Crippen molar-refractivity contribution < 1.29 is 9.84 Å². The average Bonchev–Trinajstić information content (AvgIpc) is 2.11. The molecule has 0 bridgehead atoms. The molecule has 0 heterocycles. The van der Waals surface area contributed by atoms with Gasteiger partial charge in [0.15, 0.2) is 0 Å². The van der Waals surface area contributed by atoms with E-state index in [4.69, 9.17) is 4.74 Å². The minimum absolute atomic E-state index is 0.355. The van der Waals surface area contributed by atoms with E-state index in [2.05, 4.69) is 18.7 Å². The molecule has 14 heavy (non-hydrogen) atoms. The Hall–Kier alpha value is -0.120. The highest BCUT2D eigenvalue weighted by Gasteiger charge is 2.08. The van der Waals surface area contributed by atoms with Gasteiger partial charge in [0.1, 0.15) is 0 Å². The Balaban J connectivity index is 3.44. The molecule has 1 N–H and O–H groups in total. The fourth-order valence-corrected chi connectivity index (χ4v) is 1.24. The van der Waals surface area contributed by atoms with Crippen LogP contribution in [0, 0.1) is 5.92 Å². The van der Waals surface area contributed by atoms with Crippen LogP contribution in [0.15, 0.2) is 0 Å². The highest BCUT2D eigenvalue weighted by molar-refractivity contribution is 4.61. The SMILES string of the molecule is CCOCC(O)CN(C)CCC(C)C. The van der Waals surface area contributed by atoms with Crippen LogP contribution in [-0.4, -0.2) is 49.5 Å². The fourth-order valence-electron chi connectivity index (χ4n) is 1.24. The van der Waals surface area contributed by atoms with Crippen LogP contribution in [0.5, 0.6) is 0 Å². The largest absolute Gasteiger partial charge is 0.389 e. The fraction of sp³-hybridized carbons (Fsp3) is 1.00. The van der Waals surface area contributed by atoms with E-state index in [0.29, 0.717) is 19.8 Å². The minimum Gasteiger partial charge on any atom is -0.389 e. The first kappa shape index (κ1) is 13.9. The number of aliphatic hydroxyl groups excluding tert-OH is 1. The molecule has 0 fully saturated rings. The van der Waals surface area contributed by atoms with Crippen LogP contribution in [0.25, 0.3) is 0 Å². The lowest BCUT2D eigenvalue weighted by atomic mass is 10.1. The standard InChI is InChI=1S/C11H25NO2/c1-5-14-9-11(13)8-12(4)7-6-10(2)3/h10-11,13H,5-9H2,1-4H3. The van der Waals surface area contributed by atoms with E-state index in [1.807, 2.05) is 14.0 Å². The molecule has 0 amide bonds. The Morgan fingerprint density at radius 3 is 2.50 bits per heavy atom. The summed E-state index contributed by atoms with van der Waals surface area (Å²) in [5, 5.41) is 9.55. The summed E-state index contributed by atoms with van der Waals surface area (Å²) < 4.78 is 5.15. The molecule has 0 saturated carbocycles. The van der Waals surface area contributed by atoms with Crippen LogP contribution in [0.2, 0.25) is 0 Å². The predicted octanol–water partition coefficient (Wildman–Crippen LogP) is 1.36. The number of likely N-dealkylation sites (N-methyl/N-ethyl adjacent to an activating group) is 1. The maximum absolute atomic E-state index is 9.55. The smallest absolute Gasteiger partial charge is 0.0900 e. The third-order valence-electron chi connectivity index (χ3n) is 2.12. The molecule has 1 atom stereocenters. The van der Waals surface area contributed by atoms with Crippen LogP contribution in [0.4, 0.5) is 0 Å². The summed E-state index contributed by atoms with van der Waals surface area (Å²) in [6.45, 7) is 9.23. The maximum Gasteiger partial charge on any atom is 0.0900 e. The Bertz CT molecular complexity index is 128. The molecule has 86 valence electrons. The molecule has 0 radical (unpaired) electrons. The van der Waals surface area contributed by atoms with Crippen molar-refractivity contribution in [1.82, 2.24) is 4.90 Å². The van der Waals surface area contributed by atoms with Crippen molar-refractivity contribution in [2.45, 2.75) is 33.3 Å². The molecule has 3 nitrogen and oxygen atoms in total. The van der Waals surface area contributed by atoms with Gasteiger partial charge in [-0.15, -0.1) is 0 Å². The first-order valence-corrected chi connectivity index (χ1v) is 5.50. The van der Waals surface area contributed by atoms with Gasteiger partial charge in [-0.3, -0.25) is 0 Å². The van der Waals surface area contributed by atoms with E-state index in [9.17, 15) is 5.11 Å². The lowest BCUT2D eigenvalue weighted by Crippen LogP contribution is -2.33. The monoisotopic (exact) mass is 203 g/mol. The molecular weight excluding hydrogens is 178 g/mol. The summed E-state index contributed by atoms with van der Waals surface area (Å²) in [5.74, 6) is 0.724. The normalized spacial score (nSPS) is 13.9. The van der Waals surface area contributed by atoms with Crippen LogP contribution >= 0.6 is 0 Å². The highest BCUT2D eigenvalue weighted by Crippen LogP contribution is 2.01. The molecule has 0 aromatic carbocycles. The summed E-state index contributed by atoms with van der Waals surface area (Å²) in [5.41, 5.74) is 0. The second kappa shape index (κ2) is 8.21. The van der Waals surface area contributed by atoms with E-state index in [-0.39, 0.29) is 6.10 Å². The zero-order chi connectivity index (χ0) is 11.0. The van der Waals surface area contributed by atoms with E-state index < -0.39 is 0 Å². The van der Waals surface area contributed by atoms with Gasteiger partial charge >= 0.3 is 0 Å². The third-order valence-corrected chi connectivity index (χ3v) is 2.12. The molecule has 0 spiro atoms. The predicted molar refractivity (Wildman–Crippen MR) is 59.5 cm³/mol. The van der Waals surface area contributed by atoms with Gasteiger partial charge in [-0.05, 0) is 32.9 Å². The molecule has 3 heteroatoms. The molecule has 0 aliphatic carbocycles. The maximum atomic E-state index is 9.55. The quantitative estimate of drug-likeness (QED) is 0.646. The van der Waals surface area contributed by atoms with Crippen LogP contribution in [0.1, 0.15) is 27.2 Å². The Morgan fingerprint density at radius 1 is 1.36 bits per heavy atom. The molecule has 0 aromatic heterocycles. The van der Waals surface area contributed by atoms with Gasteiger partial charge in [-0.2, -0.15) is 0 Å². The molecular formula is C11H25NO2. The van der Waals surface area contributed by atoms with Gasteiger partial charge in [-0.25, -0.2) is 0 Å². The second-order valence-electron chi connectivity index (χ2n) is 4.26. The molecule has 1 unspecified atom stereocenters. The van der Waals surface area contributed by atoms with Crippen molar-refractivity contribution in [1.29, 1.82) is 0 Å². The van der Waals surface area contributed by atoms with E-state index in [0.717, 1.165) is 12.5 Å². The van der Waals surface area contributed by atoms with Crippen molar-refractivity contribution in [3.8, 4) is 0 Å². The lowest BCUT2D eigenvalue weighted by Gasteiger charge is -2.21. The Morgan fingerprint density at radius 2 is 2.00 bits per heavy atom. The van der Waals surface area contributed by atoms with Gasteiger partial charge < -0.3 is 14.7 Å². The Labute approximate surface area is 88.1 Å². The van der Waals surface area contributed by atoms with Crippen LogP contribution in [0.3, 0.4) is 0 Å². The number of hydrogen-bond acceptors (Lipinski definition) is 3. The summed E-state index contributed by atoms with van der Waals surface area (Å²) in [7, 11) is 2.04. The average molecular weight is 203 g/mol. The van der Waals surface area contributed by atoms with Crippen molar-refractivity contribution in [3.63, 3.8) is 0 Å². The molecule has 0 saturated heterocycles. The zero-order valence-corrected chi connectivity index (χ0v) is 9.99. The summed E-state index contributed by atoms with van der Waals surface area (Å²) in [6.07, 6.45) is 0.824. The second-order valence-corrected chi connectivity index (χ2v) is 4.26. The van der Waals surface area contributed by atoms with Crippen molar-refractivity contribution >= 4 is 0 Å². The number of hydrogen-bond donors (Lipinski definition) is 1. The topological polar surface area (TPSA) is 32.7 Å². The van der Waals surface area contributed by atoms with Crippen molar-refractivity contribution in [3.05, 3.63) is 0 Å². The van der Waals surface area contributed by atoms with E-state index >= 15 is 0 Å². The minimum atomic E-state index is -0.355. The van der Waals surface area contributed by atoms with Gasteiger partial charge in [0.25, 0.3) is 0 Å². The summed E-state index contributed by atoms with van der Waals surface area (Å²) in [4.78, 5) is 2.16. The molecule has 0 aliphatic rings.